The molecule has 2 aromatic rings. The quantitative estimate of drug-likeness (QED) is 0.490. The fourth-order valence-corrected chi connectivity index (χ4v) is 3.46. The van der Waals surface area contributed by atoms with Gasteiger partial charge < -0.3 is 13.9 Å². The molecule has 2 heterocycles. The predicted octanol–water partition coefficient (Wildman–Crippen LogP) is 4.38. The monoisotopic (exact) mass is 419 g/mol. The van der Waals surface area contributed by atoms with Crippen molar-refractivity contribution in [3.05, 3.63) is 37.1 Å². The molecule has 0 fully saturated rings. The molecule has 29 heavy (non-hydrogen) atoms. The fraction of sp³-hybridized carbons (Fsp3) is 0.571. The van der Waals surface area contributed by atoms with E-state index in [1.165, 1.54) is 0 Å². The third-order valence-corrected chi connectivity index (χ3v) is 9.29. The Bertz CT molecular complexity index is 791. The van der Waals surface area contributed by atoms with E-state index < -0.39 is 26.0 Å². The molecule has 0 N–H and O–H groups in total. The highest BCUT2D eigenvalue weighted by atomic mass is 28.4. The Kier molecular flexibility index (Phi) is 6.90. The number of carbonyl (C=O) groups is 1. The molecule has 0 bridgehead atoms. The highest BCUT2D eigenvalue weighted by Gasteiger charge is 2.42. The molecule has 2 aromatic heterocycles. The van der Waals surface area contributed by atoms with Crippen LogP contribution < -0.4 is 4.74 Å². The van der Waals surface area contributed by atoms with Crippen molar-refractivity contribution in [3.8, 4) is 11.6 Å². The Labute approximate surface area is 174 Å². The molecule has 0 saturated heterocycles. The summed E-state index contributed by atoms with van der Waals surface area (Å²) in [6, 6.07) is 3.63. The zero-order chi connectivity index (χ0) is 21.9. The van der Waals surface area contributed by atoms with Crippen molar-refractivity contribution in [2.75, 3.05) is 6.61 Å². The van der Waals surface area contributed by atoms with Crippen LogP contribution in [0.4, 0.5) is 0 Å². The van der Waals surface area contributed by atoms with Crippen LogP contribution in [0.5, 0.6) is 5.75 Å². The average molecular weight is 420 g/mol. The summed E-state index contributed by atoms with van der Waals surface area (Å²) in [5.74, 6) is 0.877. The van der Waals surface area contributed by atoms with E-state index in [2.05, 4.69) is 43.8 Å². The molecule has 0 saturated carbocycles. The standard InChI is InChI=1S/C21H33N3O4Si/c1-20(2,3)27-19(25)17(28-29(7,8)21(4,5)6)14-26-16-9-10-18(23-13-16)24-12-11-22-15-24/h9-13,15,17H,14H2,1-8H3/t17-/m1/s1. The van der Waals surface area contributed by atoms with Crippen LogP contribution >= 0.6 is 0 Å². The molecule has 0 unspecified atom stereocenters. The third-order valence-electron chi connectivity index (χ3n) is 4.80. The number of pyridine rings is 1. The number of carbonyl (C=O) groups excluding carboxylic acids is 1. The van der Waals surface area contributed by atoms with Crippen molar-refractivity contribution in [2.24, 2.45) is 0 Å². The van der Waals surface area contributed by atoms with Crippen LogP contribution in [0.1, 0.15) is 41.5 Å². The van der Waals surface area contributed by atoms with E-state index in [-0.39, 0.29) is 11.6 Å². The summed E-state index contributed by atoms with van der Waals surface area (Å²) in [7, 11) is -2.20. The van der Waals surface area contributed by atoms with Gasteiger partial charge in [0, 0.05) is 12.4 Å². The molecule has 7 nitrogen and oxygen atoms in total. The number of ether oxygens (including phenoxy) is 2. The van der Waals surface area contributed by atoms with E-state index in [4.69, 9.17) is 13.9 Å². The van der Waals surface area contributed by atoms with E-state index in [9.17, 15) is 4.79 Å². The SMILES string of the molecule is CC(C)(C)OC(=O)[C@@H](COc1ccc(-n2ccnc2)nc1)O[Si](C)(C)C(C)(C)C. The van der Waals surface area contributed by atoms with Gasteiger partial charge in [0.25, 0.3) is 0 Å². The van der Waals surface area contributed by atoms with Gasteiger partial charge >= 0.3 is 5.97 Å². The second-order valence-electron chi connectivity index (χ2n) is 9.53. The van der Waals surface area contributed by atoms with Crippen LogP contribution in [0.2, 0.25) is 18.1 Å². The summed E-state index contributed by atoms with van der Waals surface area (Å²) in [5.41, 5.74) is -0.597. The maximum Gasteiger partial charge on any atom is 0.338 e. The van der Waals surface area contributed by atoms with Crippen molar-refractivity contribution in [1.82, 2.24) is 14.5 Å². The lowest BCUT2D eigenvalue weighted by Crippen LogP contribution is -2.49. The van der Waals surface area contributed by atoms with Gasteiger partial charge in [0.15, 0.2) is 14.4 Å². The van der Waals surface area contributed by atoms with E-state index >= 15 is 0 Å². The van der Waals surface area contributed by atoms with Crippen LogP contribution in [0.3, 0.4) is 0 Å². The van der Waals surface area contributed by atoms with E-state index in [1.54, 1.807) is 29.4 Å². The molecule has 0 aromatic carbocycles. The average Bonchev–Trinajstić information content (AvgIpc) is 3.11. The van der Waals surface area contributed by atoms with Crippen LogP contribution in [-0.2, 0) is 14.0 Å². The van der Waals surface area contributed by atoms with Crippen LogP contribution in [0.25, 0.3) is 5.82 Å². The van der Waals surface area contributed by atoms with Crippen molar-refractivity contribution in [2.45, 2.75) is 71.4 Å². The van der Waals surface area contributed by atoms with Crippen molar-refractivity contribution in [1.29, 1.82) is 0 Å². The molecule has 0 radical (unpaired) electrons. The van der Waals surface area contributed by atoms with E-state index in [0.717, 1.165) is 5.82 Å². The Hall–Kier alpha value is -2.19. The lowest BCUT2D eigenvalue weighted by molar-refractivity contribution is -0.165. The lowest BCUT2D eigenvalue weighted by atomic mass is 10.2. The van der Waals surface area contributed by atoms with Gasteiger partial charge in [0.05, 0.1) is 6.20 Å². The molecule has 0 aliphatic heterocycles. The normalized spacial score (nSPS) is 13.8. The highest BCUT2D eigenvalue weighted by Crippen LogP contribution is 2.37. The lowest BCUT2D eigenvalue weighted by Gasteiger charge is -2.38. The minimum absolute atomic E-state index is 0.0404. The number of nitrogens with zero attached hydrogens (tertiary/aromatic N) is 3. The second-order valence-corrected chi connectivity index (χ2v) is 14.3. The minimum atomic E-state index is -2.20. The molecule has 0 amide bonds. The predicted molar refractivity (Wildman–Crippen MR) is 115 cm³/mol. The van der Waals surface area contributed by atoms with Gasteiger partial charge in [-0.15, -0.1) is 0 Å². The number of esters is 1. The molecular weight excluding hydrogens is 386 g/mol. The van der Waals surface area contributed by atoms with Gasteiger partial charge in [-0.05, 0) is 51.0 Å². The van der Waals surface area contributed by atoms with Crippen LogP contribution in [0, 0.1) is 0 Å². The largest absolute Gasteiger partial charge is 0.489 e. The number of aromatic nitrogens is 3. The van der Waals surface area contributed by atoms with Gasteiger partial charge in [-0.1, -0.05) is 20.8 Å². The minimum Gasteiger partial charge on any atom is -0.489 e. The topological polar surface area (TPSA) is 75.5 Å². The smallest absolute Gasteiger partial charge is 0.338 e. The summed E-state index contributed by atoms with van der Waals surface area (Å²) in [6.07, 6.45) is 6.00. The Morgan fingerprint density at radius 2 is 1.86 bits per heavy atom. The fourth-order valence-electron chi connectivity index (χ4n) is 2.23. The van der Waals surface area contributed by atoms with Crippen molar-refractivity contribution < 1.29 is 18.7 Å². The number of hydrogen-bond donors (Lipinski definition) is 0. The molecule has 0 aliphatic carbocycles. The summed E-state index contributed by atoms with van der Waals surface area (Å²) >= 11 is 0. The molecule has 1 atom stereocenters. The van der Waals surface area contributed by atoms with Crippen molar-refractivity contribution in [3.63, 3.8) is 0 Å². The molecule has 8 heteroatoms. The Morgan fingerprint density at radius 3 is 2.34 bits per heavy atom. The van der Waals surface area contributed by atoms with Crippen molar-refractivity contribution >= 4 is 14.3 Å². The third kappa shape index (κ3) is 6.68. The molecule has 0 aliphatic rings. The summed E-state index contributed by atoms with van der Waals surface area (Å²) in [4.78, 5) is 21.1. The van der Waals surface area contributed by atoms with E-state index in [0.29, 0.717) is 5.75 Å². The van der Waals surface area contributed by atoms with E-state index in [1.807, 2.05) is 33.0 Å². The number of hydrogen-bond acceptors (Lipinski definition) is 6. The first-order chi connectivity index (χ1) is 13.3. The van der Waals surface area contributed by atoms with Gasteiger partial charge in [-0.25, -0.2) is 14.8 Å². The first-order valence-electron chi connectivity index (χ1n) is 9.76. The summed E-state index contributed by atoms with van der Waals surface area (Å²) in [5, 5.41) is -0.0404. The maximum absolute atomic E-state index is 12.8. The van der Waals surface area contributed by atoms with Gasteiger partial charge in [-0.3, -0.25) is 4.57 Å². The first-order valence-corrected chi connectivity index (χ1v) is 12.7. The molecule has 2 rings (SSSR count). The summed E-state index contributed by atoms with van der Waals surface area (Å²) < 4.78 is 19.5. The molecule has 0 spiro atoms. The summed E-state index contributed by atoms with van der Waals surface area (Å²) in [6.45, 7) is 16.2. The molecular formula is C21H33N3O4Si. The Balaban J connectivity index is 2.11. The van der Waals surface area contributed by atoms with Gasteiger partial charge in [0.1, 0.15) is 30.1 Å². The first kappa shape index (κ1) is 23.1. The second kappa shape index (κ2) is 8.67. The van der Waals surface area contributed by atoms with Crippen LogP contribution in [0.15, 0.2) is 37.1 Å². The molecule has 160 valence electrons. The zero-order valence-corrected chi connectivity index (χ0v) is 19.7. The Morgan fingerprint density at radius 1 is 1.17 bits per heavy atom. The zero-order valence-electron chi connectivity index (χ0n) is 18.7. The van der Waals surface area contributed by atoms with Crippen LogP contribution in [-0.4, -0.2) is 47.1 Å². The highest BCUT2D eigenvalue weighted by molar-refractivity contribution is 6.74. The number of imidazole rings is 1. The number of rotatable bonds is 7. The maximum atomic E-state index is 12.8. The van der Waals surface area contributed by atoms with Gasteiger partial charge in [-0.2, -0.15) is 0 Å². The van der Waals surface area contributed by atoms with Gasteiger partial charge in [0.2, 0.25) is 0 Å².